The van der Waals surface area contributed by atoms with Crippen LogP contribution in [0.2, 0.25) is 5.02 Å². The lowest BCUT2D eigenvalue weighted by Gasteiger charge is -2.31. The van der Waals surface area contributed by atoms with Gasteiger partial charge in [-0.05, 0) is 43.5 Å². The van der Waals surface area contributed by atoms with E-state index in [9.17, 15) is 10.1 Å². The van der Waals surface area contributed by atoms with Crippen LogP contribution in [0, 0.1) is 18.3 Å². The summed E-state index contributed by atoms with van der Waals surface area (Å²) >= 11 is 7.23. The third-order valence-corrected chi connectivity index (χ3v) is 5.92. The SMILES string of the molecule is Cc1cc(OCc2nc(SCC(=O)NC3(C#N)CCCCC3)n[nH]2)ccc1Cl. The number of H-pyrrole nitrogens is 1. The number of carbonyl (C=O) groups excluding carboxylic acids is 1. The lowest BCUT2D eigenvalue weighted by molar-refractivity contribution is -0.120. The van der Waals surface area contributed by atoms with Gasteiger partial charge in [-0.1, -0.05) is 42.6 Å². The minimum absolute atomic E-state index is 0.165. The van der Waals surface area contributed by atoms with Gasteiger partial charge < -0.3 is 10.1 Å². The van der Waals surface area contributed by atoms with Crippen LogP contribution in [0.25, 0.3) is 0 Å². The Kier molecular flexibility index (Phi) is 6.81. The maximum Gasteiger partial charge on any atom is 0.231 e. The summed E-state index contributed by atoms with van der Waals surface area (Å²) in [6.07, 6.45) is 4.49. The van der Waals surface area contributed by atoms with Gasteiger partial charge in [0, 0.05) is 5.02 Å². The number of nitrogens with zero attached hydrogens (tertiary/aromatic N) is 3. The highest BCUT2D eigenvalue weighted by Gasteiger charge is 2.33. The van der Waals surface area contributed by atoms with Crippen LogP contribution in [-0.2, 0) is 11.4 Å². The summed E-state index contributed by atoms with van der Waals surface area (Å²) in [6.45, 7) is 2.14. The number of carbonyl (C=O) groups is 1. The summed E-state index contributed by atoms with van der Waals surface area (Å²) < 4.78 is 5.68. The molecule has 1 aromatic carbocycles. The lowest BCUT2D eigenvalue weighted by atomic mass is 9.83. The van der Waals surface area contributed by atoms with Gasteiger partial charge in [0.25, 0.3) is 0 Å². The number of halogens is 1. The lowest BCUT2D eigenvalue weighted by Crippen LogP contribution is -2.49. The van der Waals surface area contributed by atoms with Crippen molar-refractivity contribution >= 4 is 29.3 Å². The fourth-order valence-corrected chi connectivity index (χ4v) is 3.85. The van der Waals surface area contributed by atoms with E-state index in [0.717, 1.165) is 24.8 Å². The standard InChI is InChI=1S/C19H22ClN5O2S/c1-13-9-14(5-6-15(13)20)27-10-16-22-18(25-24-16)28-11-17(26)23-19(12-21)7-3-2-4-8-19/h5-6,9H,2-4,7-8,10-11H2,1H3,(H,23,26)(H,22,24,25). The first-order valence-corrected chi connectivity index (χ1v) is 10.5. The third-order valence-electron chi connectivity index (χ3n) is 4.65. The average molecular weight is 420 g/mol. The van der Waals surface area contributed by atoms with Crippen molar-refractivity contribution in [1.29, 1.82) is 5.26 Å². The summed E-state index contributed by atoms with van der Waals surface area (Å²) in [4.78, 5) is 16.6. The zero-order valence-electron chi connectivity index (χ0n) is 15.6. The molecule has 3 rings (SSSR count). The Morgan fingerprint density at radius 3 is 2.93 bits per heavy atom. The summed E-state index contributed by atoms with van der Waals surface area (Å²) in [5.41, 5.74) is 0.219. The van der Waals surface area contributed by atoms with Crippen molar-refractivity contribution < 1.29 is 9.53 Å². The fourth-order valence-electron chi connectivity index (χ4n) is 3.12. The molecular formula is C19H22ClN5O2S. The summed E-state index contributed by atoms with van der Waals surface area (Å²) in [6, 6.07) is 7.72. The summed E-state index contributed by atoms with van der Waals surface area (Å²) in [5.74, 6) is 1.25. The van der Waals surface area contributed by atoms with E-state index in [1.165, 1.54) is 11.8 Å². The topological polar surface area (TPSA) is 104 Å². The normalized spacial score (nSPS) is 15.6. The third kappa shape index (κ3) is 5.40. The molecule has 1 aliphatic carbocycles. The van der Waals surface area contributed by atoms with Crippen LogP contribution in [0.1, 0.15) is 43.5 Å². The van der Waals surface area contributed by atoms with Crippen LogP contribution in [0.4, 0.5) is 0 Å². The zero-order chi connectivity index (χ0) is 20.0. The largest absolute Gasteiger partial charge is 0.486 e. The molecule has 0 radical (unpaired) electrons. The number of ether oxygens (including phenoxy) is 1. The maximum atomic E-state index is 12.2. The van der Waals surface area contributed by atoms with Gasteiger partial charge in [-0.2, -0.15) is 5.26 Å². The van der Waals surface area contributed by atoms with E-state index < -0.39 is 5.54 Å². The molecule has 1 fully saturated rings. The molecule has 1 saturated carbocycles. The summed E-state index contributed by atoms with van der Waals surface area (Å²) in [5, 5.41) is 20.4. The molecule has 2 aromatic rings. The molecule has 0 saturated heterocycles. The van der Waals surface area contributed by atoms with Gasteiger partial charge in [-0.15, -0.1) is 5.10 Å². The van der Waals surface area contributed by atoms with Crippen molar-refractivity contribution in [3.05, 3.63) is 34.6 Å². The molecule has 0 aliphatic heterocycles. The number of hydrogen-bond acceptors (Lipinski definition) is 6. The molecule has 1 aliphatic rings. The fraction of sp³-hybridized carbons (Fsp3) is 0.474. The Morgan fingerprint density at radius 1 is 1.43 bits per heavy atom. The van der Waals surface area contributed by atoms with Gasteiger partial charge in [0.2, 0.25) is 11.1 Å². The molecule has 0 spiro atoms. The molecule has 0 atom stereocenters. The molecule has 7 nitrogen and oxygen atoms in total. The van der Waals surface area contributed by atoms with Gasteiger partial charge >= 0.3 is 0 Å². The monoisotopic (exact) mass is 419 g/mol. The maximum absolute atomic E-state index is 12.2. The average Bonchev–Trinajstić information content (AvgIpc) is 3.16. The molecule has 2 N–H and O–H groups in total. The molecule has 1 aromatic heterocycles. The number of amides is 1. The number of aromatic nitrogens is 3. The highest BCUT2D eigenvalue weighted by molar-refractivity contribution is 7.99. The molecule has 9 heteroatoms. The van der Waals surface area contributed by atoms with Gasteiger partial charge in [-0.25, -0.2) is 4.98 Å². The predicted octanol–water partition coefficient (Wildman–Crippen LogP) is 3.78. The number of benzene rings is 1. The molecule has 28 heavy (non-hydrogen) atoms. The van der Waals surface area contributed by atoms with E-state index in [0.29, 0.717) is 34.6 Å². The second kappa shape index (κ2) is 9.30. The van der Waals surface area contributed by atoms with Gasteiger partial charge in [0.05, 0.1) is 11.8 Å². The van der Waals surface area contributed by atoms with Crippen LogP contribution < -0.4 is 10.1 Å². The number of thioether (sulfide) groups is 1. The van der Waals surface area contributed by atoms with Gasteiger partial charge in [0.15, 0.2) is 5.82 Å². The molecule has 1 heterocycles. The van der Waals surface area contributed by atoms with E-state index in [4.69, 9.17) is 16.3 Å². The second-order valence-electron chi connectivity index (χ2n) is 6.86. The van der Waals surface area contributed by atoms with E-state index >= 15 is 0 Å². The first kappa shape index (κ1) is 20.5. The quantitative estimate of drug-likeness (QED) is 0.662. The highest BCUT2D eigenvalue weighted by Crippen LogP contribution is 2.28. The van der Waals surface area contributed by atoms with Crippen LogP contribution in [-0.4, -0.2) is 32.4 Å². The first-order chi connectivity index (χ1) is 13.5. The minimum atomic E-state index is -0.718. The van der Waals surface area contributed by atoms with E-state index in [2.05, 4.69) is 26.6 Å². The minimum Gasteiger partial charge on any atom is -0.486 e. The Bertz CT molecular complexity index is 873. The smallest absolute Gasteiger partial charge is 0.231 e. The van der Waals surface area contributed by atoms with Crippen molar-refractivity contribution in [3.63, 3.8) is 0 Å². The zero-order valence-corrected chi connectivity index (χ0v) is 17.2. The van der Waals surface area contributed by atoms with Crippen LogP contribution in [0.15, 0.2) is 23.4 Å². The number of hydrogen-bond donors (Lipinski definition) is 2. The molecule has 1 amide bonds. The summed E-state index contributed by atoms with van der Waals surface area (Å²) in [7, 11) is 0. The van der Waals surface area contributed by atoms with Crippen LogP contribution in [0.5, 0.6) is 5.75 Å². The Labute approximate surface area is 173 Å². The van der Waals surface area contributed by atoms with Crippen molar-refractivity contribution in [2.45, 2.75) is 56.3 Å². The first-order valence-electron chi connectivity index (χ1n) is 9.15. The van der Waals surface area contributed by atoms with E-state index in [-0.39, 0.29) is 18.3 Å². The van der Waals surface area contributed by atoms with Crippen molar-refractivity contribution in [1.82, 2.24) is 20.5 Å². The van der Waals surface area contributed by atoms with E-state index in [1.54, 1.807) is 12.1 Å². The molecule has 0 bridgehead atoms. The predicted molar refractivity (Wildman–Crippen MR) is 107 cm³/mol. The van der Waals surface area contributed by atoms with Gasteiger partial charge in [-0.3, -0.25) is 9.89 Å². The number of aryl methyl sites for hydroxylation is 1. The molecular weight excluding hydrogens is 398 g/mol. The Morgan fingerprint density at radius 2 is 2.21 bits per heavy atom. The Hall–Kier alpha value is -2.24. The Balaban J connectivity index is 1.47. The second-order valence-corrected chi connectivity index (χ2v) is 8.21. The number of rotatable bonds is 7. The van der Waals surface area contributed by atoms with Crippen molar-refractivity contribution in [3.8, 4) is 11.8 Å². The van der Waals surface area contributed by atoms with Crippen molar-refractivity contribution in [2.75, 3.05) is 5.75 Å². The molecule has 0 unspecified atom stereocenters. The van der Waals surface area contributed by atoms with E-state index in [1.807, 2.05) is 13.0 Å². The number of aromatic amines is 1. The van der Waals surface area contributed by atoms with Gasteiger partial charge in [0.1, 0.15) is 17.9 Å². The van der Waals surface area contributed by atoms with Crippen LogP contribution in [0.3, 0.4) is 0 Å². The number of nitriles is 1. The number of nitrogens with one attached hydrogen (secondary N) is 2. The van der Waals surface area contributed by atoms with Crippen molar-refractivity contribution in [2.24, 2.45) is 0 Å². The molecule has 148 valence electrons. The highest BCUT2D eigenvalue weighted by atomic mass is 35.5. The van der Waals surface area contributed by atoms with Crippen LogP contribution >= 0.6 is 23.4 Å².